The number of thiophene rings is 1. The number of imidazole rings is 1. The molecular weight excluding hydrogens is 544 g/mol. The summed E-state index contributed by atoms with van der Waals surface area (Å²) in [5.74, 6) is -0.957. The molecule has 1 aliphatic rings. The van der Waals surface area contributed by atoms with Crippen LogP contribution in [-0.4, -0.2) is 27.9 Å². The lowest BCUT2D eigenvalue weighted by Gasteiger charge is -2.22. The summed E-state index contributed by atoms with van der Waals surface area (Å²) < 4.78 is 17.1. The highest BCUT2D eigenvalue weighted by Crippen LogP contribution is 2.40. The van der Waals surface area contributed by atoms with E-state index in [0.717, 1.165) is 9.26 Å². The van der Waals surface area contributed by atoms with Crippen molar-refractivity contribution in [3.05, 3.63) is 61.8 Å². The zero-order valence-electron chi connectivity index (χ0n) is 17.9. The van der Waals surface area contributed by atoms with Crippen LogP contribution in [0.25, 0.3) is 0 Å². The van der Waals surface area contributed by atoms with E-state index < -0.39 is 5.82 Å². The molecule has 0 saturated carbocycles. The van der Waals surface area contributed by atoms with Crippen LogP contribution in [0.3, 0.4) is 0 Å². The van der Waals surface area contributed by atoms with E-state index in [4.69, 9.17) is 0 Å². The van der Waals surface area contributed by atoms with Gasteiger partial charge in [-0.1, -0.05) is 13.8 Å². The fourth-order valence-electron chi connectivity index (χ4n) is 3.61. The number of aromatic nitrogens is 2. The second-order valence-electron chi connectivity index (χ2n) is 8.57. The highest BCUT2D eigenvalue weighted by molar-refractivity contribution is 14.1. The van der Waals surface area contributed by atoms with Crippen LogP contribution >= 0.6 is 33.9 Å². The van der Waals surface area contributed by atoms with Crippen molar-refractivity contribution >= 4 is 56.4 Å². The molecule has 10 heteroatoms. The standard InChI is InChI=1S/C22H23FIN5O2S/c1-22(2)7-14-17(19(30)26-9-13-8-25-11-29(13)3)21(32-18(14)20(31)27-10-22)28-16-5-4-12(24)6-15(16)23/h4-6,8,11,28H,7,9-10H2,1-3H3,(H,26,30)(H,27,31). The largest absolute Gasteiger partial charge is 0.351 e. The molecule has 7 nitrogen and oxygen atoms in total. The maximum Gasteiger partial charge on any atom is 0.261 e. The van der Waals surface area contributed by atoms with Crippen LogP contribution < -0.4 is 16.0 Å². The van der Waals surface area contributed by atoms with E-state index in [0.29, 0.717) is 34.0 Å². The summed E-state index contributed by atoms with van der Waals surface area (Å²) in [4.78, 5) is 30.7. The number of amides is 2. The maximum absolute atomic E-state index is 14.5. The Labute approximate surface area is 203 Å². The smallest absolute Gasteiger partial charge is 0.261 e. The first-order valence-corrected chi connectivity index (χ1v) is 11.9. The molecule has 0 bridgehead atoms. The number of rotatable bonds is 5. The highest BCUT2D eigenvalue weighted by Gasteiger charge is 2.34. The third-order valence-electron chi connectivity index (χ3n) is 5.35. The monoisotopic (exact) mass is 567 g/mol. The topological polar surface area (TPSA) is 88.1 Å². The number of nitrogens with one attached hydrogen (secondary N) is 3. The summed E-state index contributed by atoms with van der Waals surface area (Å²) in [5.41, 5.74) is 1.93. The Morgan fingerprint density at radius 1 is 1.41 bits per heavy atom. The van der Waals surface area contributed by atoms with E-state index in [2.05, 4.69) is 20.9 Å². The van der Waals surface area contributed by atoms with E-state index in [9.17, 15) is 14.0 Å². The van der Waals surface area contributed by atoms with Gasteiger partial charge < -0.3 is 20.5 Å². The number of nitrogens with zero attached hydrogens (tertiary/aromatic N) is 2. The minimum absolute atomic E-state index is 0.215. The molecule has 1 aromatic carbocycles. The molecule has 1 aliphatic heterocycles. The molecule has 3 aromatic rings. The Balaban J connectivity index is 1.75. The summed E-state index contributed by atoms with van der Waals surface area (Å²) in [5, 5.41) is 9.38. The van der Waals surface area contributed by atoms with Gasteiger partial charge in [-0.15, -0.1) is 11.3 Å². The quantitative estimate of drug-likeness (QED) is 0.404. The van der Waals surface area contributed by atoms with Gasteiger partial charge >= 0.3 is 0 Å². The predicted octanol–water partition coefficient (Wildman–Crippen LogP) is 4.21. The molecule has 0 aliphatic carbocycles. The molecule has 32 heavy (non-hydrogen) atoms. The van der Waals surface area contributed by atoms with Gasteiger partial charge in [0.2, 0.25) is 0 Å². The van der Waals surface area contributed by atoms with Crippen molar-refractivity contribution in [2.45, 2.75) is 26.8 Å². The van der Waals surface area contributed by atoms with Crippen molar-refractivity contribution in [1.29, 1.82) is 0 Å². The van der Waals surface area contributed by atoms with Crippen LogP contribution in [0.5, 0.6) is 0 Å². The second kappa shape index (κ2) is 8.81. The normalized spacial score (nSPS) is 15.0. The fourth-order valence-corrected chi connectivity index (χ4v) is 5.21. The van der Waals surface area contributed by atoms with Gasteiger partial charge in [-0.25, -0.2) is 9.37 Å². The first-order chi connectivity index (χ1) is 15.1. The molecule has 4 rings (SSSR count). The van der Waals surface area contributed by atoms with Gasteiger partial charge in [0.25, 0.3) is 11.8 Å². The number of fused-ring (bicyclic) bond motifs is 1. The summed E-state index contributed by atoms with van der Waals surface area (Å²) >= 11 is 3.22. The Hall–Kier alpha value is -2.47. The second-order valence-corrected chi connectivity index (χ2v) is 10.8. The first kappa shape index (κ1) is 22.7. The molecule has 0 atom stereocenters. The Bertz CT molecular complexity index is 1200. The zero-order valence-corrected chi connectivity index (χ0v) is 20.9. The van der Waals surface area contributed by atoms with E-state index in [-0.39, 0.29) is 29.5 Å². The summed E-state index contributed by atoms with van der Waals surface area (Å²) in [7, 11) is 1.85. The molecular formula is C22H23FIN5O2S. The van der Waals surface area contributed by atoms with Crippen LogP contribution in [0.4, 0.5) is 15.1 Å². The number of aryl methyl sites for hydroxylation is 1. The number of hydrogen-bond donors (Lipinski definition) is 3. The SMILES string of the molecule is Cn1cncc1CNC(=O)c1c(Nc2ccc(I)cc2F)sc2c1CC(C)(C)CNC2=O. The van der Waals surface area contributed by atoms with Crippen molar-refractivity contribution in [1.82, 2.24) is 20.2 Å². The summed E-state index contributed by atoms with van der Waals surface area (Å²) in [6.07, 6.45) is 3.89. The van der Waals surface area contributed by atoms with Gasteiger partial charge in [0.15, 0.2) is 0 Å². The lowest BCUT2D eigenvalue weighted by Crippen LogP contribution is -2.31. The van der Waals surface area contributed by atoms with Crippen LogP contribution in [0.2, 0.25) is 0 Å². The molecule has 168 valence electrons. The van der Waals surface area contributed by atoms with E-state index >= 15 is 0 Å². The molecule has 2 amide bonds. The predicted molar refractivity (Wildman–Crippen MR) is 131 cm³/mol. The van der Waals surface area contributed by atoms with Crippen molar-refractivity contribution in [3.63, 3.8) is 0 Å². The maximum atomic E-state index is 14.5. The molecule has 3 N–H and O–H groups in total. The lowest BCUT2D eigenvalue weighted by molar-refractivity contribution is 0.0944. The van der Waals surface area contributed by atoms with Gasteiger partial charge in [-0.2, -0.15) is 0 Å². The van der Waals surface area contributed by atoms with Crippen LogP contribution in [-0.2, 0) is 20.0 Å². The molecule has 0 fully saturated rings. The van der Waals surface area contributed by atoms with Gasteiger partial charge in [-0.05, 0) is 58.2 Å². The minimum Gasteiger partial charge on any atom is -0.351 e. The van der Waals surface area contributed by atoms with E-state index in [1.54, 1.807) is 24.7 Å². The summed E-state index contributed by atoms with van der Waals surface area (Å²) in [6, 6.07) is 4.82. The van der Waals surface area contributed by atoms with Crippen molar-refractivity contribution in [2.75, 3.05) is 11.9 Å². The van der Waals surface area contributed by atoms with E-state index in [1.165, 1.54) is 17.4 Å². The van der Waals surface area contributed by atoms with Gasteiger partial charge in [0.05, 0.1) is 34.7 Å². The number of anilines is 2. The Kier molecular flexibility index (Phi) is 6.26. The van der Waals surface area contributed by atoms with Crippen molar-refractivity contribution in [3.8, 4) is 0 Å². The van der Waals surface area contributed by atoms with E-state index in [1.807, 2.05) is 48.1 Å². The van der Waals surface area contributed by atoms with Gasteiger partial charge in [0, 0.05) is 23.4 Å². The Morgan fingerprint density at radius 3 is 2.88 bits per heavy atom. The molecule has 0 radical (unpaired) electrons. The van der Waals surface area contributed by atoms with Crippen LogP contribution in [0, 0.1) is 14.8 Å². The third-order valence-corrected chi connectivity index (χ3v) is 7.17. The number of carbonyl (C=O) groups is 2. The lowest BCUT2D eigenvalue weighted by atomic mass is 9.85. The summed E-state index contributed by atoms with van der Waals surface area (Å²) in [6.45, 7) is 4.89. The number of benzene rings is 1. The number of carbonyl (C=O) groups excluding carboxylic acids is 2. The highest BCUT2D eigenvalue weighted by atomic mass is 127. The number of halogens is 2. The molecule has 2 aromatic heterocycles. The average Bonchev–Trinajstić information content (AvgIpc) is 3.26. The molecule has 3 heterocycles. The Morgan fingerprint density at radius 2 is 2.19 bits per heavy atom. The molecule has 0 spiro atoms. The zero-order chi connectivity index (χ0) is 23.0. The molecule has 0 unspecified atom stereocenters. The van der Waals surface area contributed by atoms with Crippen LogP contribution in [0.15, 0.2) is 30.7 Å². The minimum atomic E-state index is -0.425. The first-order valence-electron chi connectivity index (χ1n) is 10.0. The third kappa shape index (κ3) is 4.65. The van der Waals surface area contributed by atoms with Gasteiger partial charge in [-0.3, -0.25) is 9.59 Å². The average molecular weight is 567 g/mol. The molecule has 0 saturated heterocycles. The fraction of sp³-hybridized carbons (Fsp3) is 0.318. The van der Waals surface area contributed by atoms with Gasteiger partial charge in [0.1, 0.15) is 10.8 Å². The van der Waals surface area contributed by atoms with Crippen molar-refractivity contribution in [2.24, 2.45) is 12.5 Å². The van der Waals surface area contributed by atoms with Crippen LogP contribution in [0.1, 0.15) is 45.1 Å². The van der Waals surface area contributed by atoms with Crippen molar-refractivity contribution < 1.29 is 14.0 Å². The number of hydrogen-bond acceptors (Lipinski definition) is 5.